The van der Waals surface area contributed by atoms with Gasteiger partial charge in [-0.2, -0.15) is 5.26 Å². The van der Waals surface area contributed by atoms with Crippen molar-refractivity contribution >= 4 is 5.97 Å². The molecule has 0 saturated heterocycles. The molecule has 1 atom stereocenters. The summed E-state index contributed by atoms with van der Waals surface area (Å²) in [4.78, 5) is 11.7. The van der Waals surface area contributed by atoms with E-state index < -0.39 is 0 Å². The van der Waals surface area contributed by atoms with Crippen LogP contribution < -0.4 is 0 Å². The number of hydrogen-bond donors (Lipinski definition) is 0. The molecule has 0 aliphatic heterocycles. The Hall–Kier alpha value is -2.67. The molecule has 25 heavy (non-hydrogen) atoms. The first-order valence-corrected chi connectivity index (χ1v) is 8.34. The van der Waals surface area contributed by atoms with Gasteiger partial charge in [0.2, 0.25) is 0 Å². The Kier molecular flexibility index (Phi) is 5.93. The molecule has 0 unspecified atom stereocenters. The summed E-state index contributed by atoms with van der Waals surface area (Å²) in [5.41, 5.74) is 4.06. The summed E-state index contributed by atoms with van der Waals surface area (Å²) < 4.78 is 19.6. The lowest BCUT2D eigenvalue weighted by Gasteiger charge is -2.17. The van der Waals surface area contributed by atoms with Crippen molar-refractivity contribution < 1.29 is 13.9 Å². The average Bonchev–Trinajstić information content (AvgIpc) is 2.57. The lowest BCUT2D eigenvalue weighted by Crippen LogP contribution is -2.10. The van der Waals surface area contributed by atoms with Gasteiger partial charge in [0.25, 0.3) is 0 Å². The second-order valence-electron chi connectivity index (χ2n) is 6.22. The van der Waals surface area contributed by atoms with E-state index in [1.165, 1.54) is 0 Å². The Morgan fingerprint density at radius 2 is 2.00 bits per heavy atom. The molecule has 0 aromatic heterocycles. The molecule has 0 fully saturated rings. The lowest BCUT2D eigenvalue weighted by atomic mass is 9.88. The summed E-state index contributed by atoms with van der Waals surface area (Å²) in [5.74, 6) is -0.967. The van der Waals surface area contributed by atoms with Gasteiger partial charge in [0.15, 0.2) is 0 Å². The summed E-state index contributed by atoms with van der Waals surface area (Å²) in [6.45, 7) is 7.49. The molecular weight excluding hydrogens is 317 g/mol. The Morgan fingerprint density at radius 3 is 2.64 bits per heavy atom. The first kappa shape index (κ1) is 18.7. The van der Waals surface area contributed by atoms with Crippen molar-refractivity contribution in [2.24, 2.45) is 0 Å². The summed E-state index contributed by atoms with van der Waals surface area (Å²) in [5, 5.41) is 9.40. The molecule has 2 aromatic rings. The summed E-state index contributed by atoms with van der Waals surface area (Å²) in [7, 11) is 0. The number of carbonyl (C=O) groups is 1. The molecule has 0 heterocycles. The van der Waals surface area contributed by atoms with Crippen LogP contribution in [0.5, 0.6) is 0 Å². The van der Waals surface area contributed by atoms with E-state index in [9.17, 15) is 14.4 Å². The van der Waals surface area contributed by atoms with E-state index in [1.54, 1.807) is 32.0 Å². The van der Waals surface area contributed by atoms with Crippen LogP contribution in [0.1, 0.15) is 48.4 Å². The monoisotopic (exact) mass is 339 g/mol. The predicted octanol–water partition coefficient (Wildman–Crippen LogP) is 5.04. The quantitative estimate of drug-likeness (QED) is 0.717. The lowest BCUT2D eigenvalue weighted by molar-refractivity contribution is -0.143. The minimum absolute atomic E-state index is 0.118. The van der Waals surface area contributed by atoms with Crippen molar-refractivity contribution in [3.63, 3.8) is 0 Å². The van der Waals surface area contributed by atoms with E-state index in [4.69, 9.17) is 4.74 Å². The third kappa shape index (κ3) is 4.06. The second-order valence-corrected chi connectivity index (χ2v) is 6.22. The van der Waals surface area contributed by atoms with Crippen molar-refractivity contribution in [1.29, 1.82) is 5.26 Å². The molecular formula is C21H22FNO2. The number of benzene rings is 2. The van der Waals surface area contributed by atoms with Crippen LogP contribution >= 0.6 is 0 Å². The maximum Gasteiger partial charge on any atom is 0.306 e. The van der Waals surface area contributed by atoms with Gasteiger partial charge in [-0.3, -0.25) is 4.79 Å². The van der Waals surface area contributed by atoms with Crippen molar-refractivity contribution in [3.8, 4) is 17.2 Å². The highest BCUT2D eigenvalue weighted by molar-refractivity contribution is 5.75. The van der Waals surface area contributed by atoms with Gasteiger partial charge in [-0.15, -0.1) is 0 Å². The van der Waals surface area contributed by atoms with Crippen molar-refractivity contribution in [3.05, 3.63) is 58.4 Å². The number of carbonyl (C=O) groups excluding carboxylic acids is 1. The molecule has 3 nitrogen and oxygen atoms in total. The highest BCUT2D eigenvalue weighted by Crippen LogP contribution is 2.33. The van der Waals surface area contributed by atoms with Crippen molar-refractivity contribution in [2.45, 2.75) is 40.0 Å². The fourth-order valence-corrected chi connectivity index (χ4v) is 3.02. The van der Waals surface area contributed by atoms with E-state index in [1.807, 2.05) is 26.0 Å². The Labute approximate surface area is 148 Å². The molecule has 0 N–H and O–H groups in total. The molecule has 0 amide bonds. The van der Waals surface area contributed by atoms with Crippen LogP contribution in [0.2, 0.25) is 0 Å². The molecule has 4 heteroatoms. The van der Waals surface area contributed by atoms with E-state index in [-0.39, 0.29) is 24.1 Å². The van der Waals surface area contributed by atoms with Crippen LogP contribution in [0, 0.1) is 31.0 Å². The first-order valence-electron chi connectivity index (χ1n) is 8.34. The Morgan fingerprint density at radius 1 is 1.28 bits per heavy atom. The number of halogens is 1. The van der Waals surface area contributed by atoms with Gasteiger partial charge in [0.1, 0.15) is 5.82 Å². The van der Waals surface area contributed by atoms with E-state index >= 15 is 0 Å². The van der Waals surface area contributed by atoms with Crippen LogP contribution in [-0.4, -0.2) is 12.6 Å². The first-order chi connectivity index (χ1) is 11.9. The number of rotatable bonds is 5. The van der Waals surface area contributed by atoms with Gasteiger partial charge in [-0.1, -0.05) is 19.1 Å². The number of nitriles is 1. The van der Waals surface area contributed by atoms with Gasteiger partial charge >= 0.3 is 5.97 Å². The standard InChI is InChI=1S/C21H22FNO2/c1-5-25-19(24)10-14(3)18-11-17(9-15(4)21(18)22)20-13(2)7-6-8-16(20)12-23/h6-9,11,14H,5,10H2,1-4H3/t14-/m0/s1. The van der Waals surface area contributed by atoms with Crippen LogP contribution in [0.3, 0.4) is 0 Å². The van der Waals surface area contributed by atoms with Crippen LogP contribution in [0.4, 0.5) is 4.39 Å². The molecule has 0 saturated carbocycles. The van der Waals surface area contributed by atoms with E-state index in [2.05, 4.69) is 6.07 Å². The van der Waals surface area contributed by atoms with Gasteiger partial charge in [-0.25, -0.2) is 4.39 Å². The average molecular weight is 339 g/mol. The fraction of sp³-hybridized carbons (Fsp3) is 0.333. The molecule has 2 aromatic carbocycles. The summed E-state index contributed by atoms with van der Waals surface area (Å²) >= 11 is 0. The highest BCUT2D eigenvalue weighted by atomic mass is 19.1. The third-order valence-electron chi connectivity index (χ3n) is 4.27. The number of aryl methyl sites for hydroxylation is 2. The zero-order valence-corrected chi connectivity index (χ0v) is 15.0. The predicted molar refractivity (Wildman–Crippen MR) is 95.7 cm³/mol. The van der Waals surface area contributed by atoms with Crippen LogP contribution in [0.15, 0.2) is 30.3 Å². The Bertz CT molecular complexity index is 837. The van der Waals surface area contributed by atoms with Gasteiger partial charge in [0, 0.05) is 5.56 Å². The van der Waals surface area contributed by atoms with Crippen molar-refractivity contribution in [2.75, 3.05) is 6.61 Å². The molecule has 0 aliphatic rings. The van der Waals surface area contributed by atoms with Gasteiger partial charge in [-0.05, 0) is 67.1 Å². The largest absolute Gasteiger partial charge is 0.466 e. The minimum Gasteiger partial charge on any atom is -0.466 e. The SMILES string of the molecule is CCOC(=O)C[C@H](C)c1cc(-c2c(C)cccc2C#N)cc(C)c1F. The maximum absolute atomic E-state index is 14.6. The second kappa shape index (κ2) is 7.94. The van der Waals surface area contributed by atoms with E-state index in [0.29, 0.717) is 23.3 Å². The smallest absolute Gasteiger partial charge is 0.306 e. The maximum atomic E-state index is 14.6. The normalized spacial score (nSPS) is 11.7. The number of ether oxygens (including phenoxy) is 1. The molecule has 2 rings (SSSR count). The Balaban J connectivity index is 2.53. The van der Waals surface area contributed by atoms with Gasteiger partial charge < -0.3 is 4.74 Å². The highest BCUT2D eigenvalue weighted by Gasteiger charge is 2.20. The molecule has 130 valence electrons. The zero-order valence-electron chi connectivity index (χ0n) is 15.0. The van der Waals surface area contributed by atoms with E-state index in [0.717, 1.165) is 16.7 Å². The number of hydrogen-bond acceptors (Lipinski definition) is 3. The van der Waals surface area contributed by atoms with Gasteiger partial charge in [0.05, 0.1) is 24.7 Å². The fourth-order valence-electron chi connectivity index (χ4n) is 3.02. The number of nitrogens with zero attached hydrogens (tertiary/aromatic N) is 1. The summed E-state index contributed by atoms with van der Waals surface area (Å²) in [6, 6.07) is 11.2. The molecule has 0 bridgehead atoms. The number of esters is 1. The molecule has 0 spiro atoms. The molecule has 0 radical (unpaired) electrons. The minimum atomic E-state index is -0.342. The molecule has 0 aliphatic carbocycles. The van der Waals surface area contributed by atoms with Crippen molar-refractivity contribution in [1.82, 2.24) is 0 Å². The zero-order chi connectivity index (χ0) is 18.6. The van der Waals surface area contributed by atoms with Crippen LogP contribution in [-0.2, 0) is 9.53 Å². The topological polar surface area (TPSA) is 50.1 Å². The summed E-state index contributed by atoms with van der Waals surface area (Å²) in [6.07, 6.45) is 0.118. The van der Waals surface area contributed by atoms with Crippen LogP contribution in [0.25, 0.3) is 11.1 Å². The third-order valence-corrected chi connectivity index (χ3v) is 4.27.